The van der Waals surface area contributed by atoms with Gasteiger partial charge in [0.2, 0.25) is 0 Å². The Morgan fingerprint density at radius 3 is 2.81 bits per heavy atom. The Balaban J connectivity index is 1.87. The fourth-order valence-corrected chi connectivity index (χ4v) is 2.18. The second-order valence-corrected chi connectivity index (χ2v) is 5.23. The van der Waals surface area contributed by atoms with Crippen molar-refractivity contribution < 1.29 is 5.11 Å². The molecule has 1 aliphatic heterocycles. The van der Waals surface area contributed by atoms with Crippen LogP contribution in [-0.4, -0.2) is 66.2 Å². The van der Waals surface area contributed by atoms with Crippen molar-refractivity contribution in [3.05, 3.63) is 0 Å². The van der Waals surface area contributed by atoms with Gasteiger partial charge in [-0.05, 0) is 26.3 Å². The standard InChI is InChI=1S/C11H22N4O/c1-14-6-5-11(16,8-14)7-13-10(12)15(2)9-3-4-9/h9,16H,3-8H2,1-2H3,(H2,12,13). The van der Waals surface area contributed by atoms with Crippen molar-refractivity contribution in [2.75, 3.05) is 33.7 Å². The molecule has 92 valence electrons. The van der Waals surface area contributed by atoms with E-state index in [9.17, 15) is 5.11 Å². The highest BCUT2D eigenvalue weighted by Crippen LogP contribution is 2.25. The predicted molar refractivity (Wildman–Crippen MR) is 64.3 cm³/mol. The van der Waals surface area contributed by atoms with Crippen molar-refractivity contribution >= 4 is 5.96 Å². The number of nitrogens with two attached hydrogens (primary N) is 1. The van der Waals surface area contributed by atoms with Crippen LogP contribution in [0.2, 0.25) is 0 Å². The maximum atomic E-state index is 10.2. The van der Waals surface area contributed by atoms with Crippen LogP contribution in [0.1, 0.15) is 19.3 Å². The summed E-state index contributed by atoms with van der Waals surface area (Å²) in [6.45, 7) is 2.04. The number of hydrogen-bond donors (Lipinski definition) is 2. The molecule has 0 bridgehead atoms. The van der Waals surface area contributed by atoms with E-state index in [1.165, 1.54) is 12.8 Å². The molecule has 2 fully saturated rings. The Kier molecular flexibility index (Phi) is 3.08. The summed E-state index contributed by atoms with van der Waals surface area (Å²) in [7, 11) is 3.99. The Morgan fingerprint density at radius 1 is 1.62 bits per heavy atom. The van der Waals surface area contributed by atoms with Crippen LogP contribution in [0.5, 0.6) is 0 Å². The fourth-order valence-electron chi connectivity index (χ4n) is 2.18. The zero-order chi connectivity index (χ0) is 11.8. The molecule has 1 unspecified atom stereocenters. The SMILES string of the molecule is CN1CCC(O)(CN=C(N)N(C)C2CC2)C1. The van der Waals surface area contributed by atoms with Crippen LogP contribution in [-0.2, 0) is 0 Å². The van der Waals surface area contributed by atoms with Crippen LogP contribution >= 0.6 is 0 Å². The van der Waals surface area contributed by atoms with E-state index in [1.807, 2.05) is 19.0 Å². The van der Waals surface area contributed by atoms with Gasteiger partial charge >= 0.3 is 0 Å². The topological polar surface area (TPSA) is 65.1 Å². The minimum atomic E-state index is -0.677. The molecular formula is C11H22N4O. The number of aliphatic imine (C=N–C) groups is 1. The van der Waals surface area contributed by atoms with Crippen LogP contribution < -0.4 is 5.73 Å². The molecule has 5 heteroatoms. The zero-order valence-corrected chi connectivity index (χ0v) is 10.2. The molecule has 0 amide bonds. The third-order valence-electron chi connectivity index (χ3n) is 3.51. The first-order chi connectivity index (χ1) is 7.50. The first-order valence-electron chi connectivity index (χ1n) is 5.94. The van der Waals surface area contributed by atoms with Crippen LogP contribution in [0.25, 0.3) is 0 Å². The van der Waals surface area contributed by atoms with E-state index in [0.29, 0.717) is 25.1 Å². The minimum Gasteiger partial charge on any atom is -0.387 e. The first-order valence-corrected chi connectivity index (χ1v) is 5.94. The van der Waals surface area contributed by atoms with Gasteiger partial charge in [-0.25, -0.2) is 0 Å². The smallest absolute Gasteiger partial charge is 0.191 e. The van der Waals surface area contributed by atoms with Crippen LogP contribution in [0.3, 0.4) is 0 Å². The van der Waals surface area contributed by atoms with Crippen molar-refractivity contribution in [1.29, 1.82) is 0 Å². The number of likely N-dealkylation sites (tertiary alicyclic amines) is 1. The van der Waals surface area contributed by atoms with Gasteiger partial charge < -0.3 is 20.6 Å². The lowest BCUT2D eigenvalue weighted by Gasteiger charge is -2.22. The van der Waals surface area contributed by atoms with Crippen molar-refractivity contribution in [3.8, 4) is 0 Å². The first kappa shape index (κ1) is 11.7. The van der Waals surface area contributed by atoms with E-state index >= 15 is 0 Å². The number of rotatable bonds is 3. The highest BCUT2D eigenvalue weighted by Gasteiger charge is 2.34. The maximum Gasteiger partial charge on any atom is 0.191 e. The fraction of sp³-hybridized carbons (Fsp3) is 0.909. The van der Waals surface area contributed by atoms with Crippen molar-refractivity contribution in [3.63, 3.8) is 0 Å². The van der Waals surface area contributed by atoms with E-state index in [4.69, 9.17) is 5.73 Å². The maximum absolute atomic E-state index is 10.2. The highest BCUT2D eigenvalue weighted by molar-refractivity contribution is 5.78. The molecule has 1 saturated heterocycles. The summed E-state index contributed by atoms with van der Waals surface area (Å²) in [4.78, 5) is 8.45. The largest absolute Gasteiger partial charge is 0.387 e. The summed E-state index contributed by atoms with van der Waals surface area (Å²) >= 11 is 0. The summed E-state index contributed by atoms with van der Waals surface area (Å²) in [6, 6.07) is 0.574. The molecule has 1 heterocycles. The summed E-state index contributed by atoms with van der Waals surface area (Å²) in [5, 5.41) is 10.2. The molecule has 2 aliphatic rings. The molecule has 5 nitrogen and oxygen atoms in total. The van der Waals surface area contributed by atoms with Crippen LogP contribution in [0.15, 0.2) is 4.99 Å². The summed E-state index contributed by atoms with van der Waals surface area (Å²) in [5.74, 6) is 0.561. The summed E-state index contributed by atoms with van der Waals surface area (Å²) in [6.07, 6.45) is 3.20. The Hall–Kier alpha value is -0.810. The van der Waals surface area contributed by atoms with Crippen molar-refractivity contribution in [2.45, 2.75) is 30.9 Å². The molecule has 0 aromatic heterocycles. The van der Waals surface area contributed by atoms with Gasteiger partial charge in [-0.1, -0.05) is 0 Å². The number of β-amino-alcohol motifs (C(OH)–C–C–N with tert-alkyl or cyclic N) is 1. The second kappa shape index (κ2) is 4.22. The molecule has 3 N–H and O–H groups in total. The van der Waals surface area contributed by atoms with Gasteiger partial charge in [0, 0.05) is 26.2 Å². The monoisotopic (exact) mass is 226 g/mol. The van der Waals surface area contributed by atoms with Gasteiger partial charge in [0.1, 0.15) is 0 Å². The van der Waals surface area contributed by atoms with Crippen molar-refractivity contribution in [1.82, 2.24) is 9.80 Å². The van der Waals surface area contributed by atoms with Gasteiger partial charge in [-0.3, -0.25) is 4.99 Å². The molecule has 0 spiro atoms. The van der Waals surface area contributed by atoms with Crippen molar-refractivity contribution in [2.24, 2.45) is 10.7 Å². The van der Waals surface area contributed by atoms with Gasteiger partial charge in [0.05, 0.1) is 12.1 Å². The second-order valence-electron chi connectivity index (χ2n) is 5.23. The number of guanidine groups is 1. The van der Waals surface area contributed by atoms with E-state index < -0.39 is 5.60 Å². The lowest BCUT2D eigenvalue weighted by atomic mass is 10.0. The molecule has 16 heavy (non-hydrogen) atoms. The normalized spacial score (nSPS) is 32.1. The summed E-state index contributed by atoms with van der Waals surface area (Å²) in [5.41, 5.74) is 5.20. The number of nitrogens with zero attached hydrogens (tertiary/aromatic N) is 3. The Bertz CT molecular complexity index is 290. The van der Waals surface area contributed by atoms with E-state index in [-0.39, 0.29) is 0 Å². The lowest BCUT2D eigenvalue weighted by Crippen LogP contribution is -2.40. The molecule has 1 saturated carbocycles. The van der Waals surface area contributed by atoms with Gasteiger partial charge in [0.25, 0.3) is 0 Å². The lowest BCUT2D eigenvalue weighted by molar-refractivity contribution is 0.0612. The van der Waals surface area contributed by atoms with E-state index in [2.05, 4.69) is 9.89 Å². The molecule has 0 aromatic carbocycles. The number of hydrogen-bond acceptors (Lipinski definition) is 3. The molecule has 0 aromatic rings. The Morgan fingerprint density at radius 2 is 2.31 bits per heavy atom. The third kappa shape index (κ3) is 2.65. The molecule has 1 aliphatic carbocycles. The van der Waals surface area contributed by atoms with Crippen LogP contribution in [0.4, 0.5) is 0 Å². The average Bonchev–Trinajstić information content (AvgIpc) is 3.02. The van der Waals surface area contributed by atoms with E-state index in [0.717, 1.165) is 13.0 Å². The average molecular weight is 226 g/mol. The van der Waals surface area contributed by atoms with Crippen LogP contribution in [0, 0.1) is 0 Å². The Labute approximate surface area is 96.9 Å². The summed E-state index contributed by atoms with van der Waals surface area (Å²) < 4.78 is 0. The van der Waals surface area contributed by atoms with Gasteiger partial charge in [0.15, 0.2) is 5.96 Å². The molecule has 1 atom stereocenters. The molecule has 2 rings (SSSR count). The number of likely N-dealkylation sites (N-methyl/N-ethyl adjacent to an activating group) is 1. The van der Waals surface area contributed by atoms with Gasteiger partial charge in [-0.2, -0.15) is 0 Å². The predicted octanol–water partition coefficient (Wildman–Crippen LogP) is -0.538. The minimum absolute atomic E-state index is 0.417. The quantitative estimate of drug-likeness (QED) is 0.501. The number of aliphatic hydroxyl groups is 1. The molecular weight excluding hydrogens is 204 g/mol. The zero-order valence-electron chi connectivity index (χ0n) is 10.2. The van der Waals surface area contributed by atoms with Gasteiger partial charge in [-0.15, -0.1) is 0 Å². The third-order valence-corrected chi connectivity index (χ3v) is 3.51. The van der Waals surface area contributed by atoms with E-state index in [1.54, 1.807) is 0 Å². The highest BCUT2D eigenvalue weighted by atomic mass is 16.3. The molecule has 0 radical (unpaired) electrons.